The van der Waals surface area contributed by atoms with Crippen LogP contribution in [-0.4, -0.2) is 16.0 Å². The number of hydrogen-bond acceptors (Lipinski definition) is 4. The van der Waals surface area contributed by atoms with Crippen LogP contribution in [0.25, 0.3) is 0 Å². The number of carbonyl (C=O) groups is 1. The van der Waals surface area contributed by atoms with Crippen molar-refractivity contribution < 1.29 is 9.90 Å². The number of hydrogen-bond donors (Lipinski definition) is 2. The van der Waals surface area contributed by atoms with Gasteiger partial charge in [-0.15, -0.1) is 11.3 Å². The average molecular weight is 248 g/mol. The lowest BCUT2D eigenvalue weighted by atomic mass is 10.2. The number of aryl methyl sites for hydroxylation is 1. The lowest BCUT2D eigenvalue weighted by molar-refractivity contribution is 0.0948. The molecule has 0 saturated heterocycles. The number of rotatable bonds is 3. The summed E-state index contributed by atoms with van der Waals surface area (Å²) in [5, 5.41) is 13.2. The maximum Gasteiger partial charge on any atom is 0.255 e. The molecule has 0 spiro atoms. The monoisotopic (exact) mass is 248 g/mol. The second-order valence-electron chi connectivity index (χ2n) is 3.55. The van der Waals surface area contributed by atoms with Gasteiger partial charge in [0, 0.05) is 11.1 Å². The van der Waals surface area contributed by atoms with Crippen molar-refractivity contribution in [2.24, 2.45) is 0 Å². The van der Waals surface area contributed by atoms with Crippen molar-refractivity contribution in [1.82, 2.24) is 10.3 Å². The molecule has 1 aromatic carbocycles. The van der Waals surface area contributed by atoms with Crippen LogP contribution in [0.3, 0.4) is 0 Å². The summed E-state index contributed by atoms with van der Waals surface area (Å²) in [6.45, 7) is 2.34. The molecule has 1 heterocycles. The topological polar surface area (TPSA) is 62.2 Å². The van der Waals surface area contributed by atoms with Crippen molar-refractivity contribution in [2.45, 2.75) is 13.5 Å². The highest BCUT2D eigenvalue weighted by Gasteiger charge is 2.09. The van der Waals surface area contributed by atoms with E-state index >= 15 is 0 Å². The van der Waals surface area contributed by atoms with Crippen LogP contribution in [0.15, 0.2) is 30.5 Å². The normalized spacial score (nSPS) is 10.2. The molecule has 0 saturated carbocycles. The highest BCUT2D eigenvalue weighted by Crippen LogP contribution is 2.16. The van der Waals surface area contributed by atoms with Crippen molar-refractivity contribution >= 4 is 17.2 Å². The van der Waals surface area contributed by atoms with Gasteiger partial charge in [0.25, 0.3) is 5.91 Å². The third-order valence-corrected chi connectivity index (χ3v) is 3.15. The summed E-state index contributed by atoms with van der Waals surface area (Å²) in [6.07, 6.45) is 1.74. The zero-order chi connectivity index (χ0) is 12.3. The van der Waals surface area contributed by atoms with Crippen LogP contribution in [-0.2, 0) is 6.54 Å². The highest BCUT2D eigenvalue weighted by atomic mass is 32.1. The van der Waals surface area contributed by atoms with Gasteiger partial charge in [0.05, 0.1) is 17.1 Å². The van der Waals surface area contributed by atoms with E-state index in [1.807, 2.05) is 6.92 Å². The Morgan fingerprint density at radius 2 is 2.24 bits per heavy atom. The van der Waals surface area contributed by atoms with Crippen molar-refractivity contribution in [1.29, 1.82) is 0 Å². The summed E-state index contributed by atoms with van der Waals surface area (Å²) >= 11 is 1.54. The second-order valence-corrected chi connectivity index (χ2v) is 4.86. The van der Waals surface area contributed by atoms with Crippen molar-refractivity contribution in [3.05, 3.63) is 45.9 Å². The Morgan fingerprint density at radius 1 is 1.47 bits per heavy atom. The largest absolute Gasteiger partial charge is 0.507 e. The molecule has 0 unspecified atom stereocenters. The molecule has 0 atom stereocenters. The Morgan fingerprint density at radius 3 is 2.88 bits per heavy atom. The number of carbonyl (C=O) groups excluding carboxylic acids is 1. The molecule has 0 aliphatic heterocycles. The smallest absolute Gasteiger partial charge is 0.255 e. The molecule has 1 amide bonds. The van der Waals surface area contributed by atoms with E-state index < -0.39 is 0 Å². The zero-order valence-electron chi connectivity index (χ0n) is 9.30. The lowest BCUT2D eigenvalue weighted by Crippen LogP contribution is -2.22. The van der Waals surface area contributed by atoms with Crippen LogP contribution in [0.2, 0.25) is 0 Å². The van der Waals surface area contributed by atoms with Crippen molar-refractivity contribution in [2.75, 3.05) is 0 Å². The maximum absolute atomic E-state index is 11.8. The minimum atomic E-state index is -0.283. The Balaban J connectivity index is 2.01. The number of aromatic nitrogens is 1. The van der Waals surface area contributed by atoms with Gasteiger partial charge in [-0.2, -0.15) is 0 Å². The SMILES string of the molecule is Cc1ncc(CNC(=O)c2ccccc2O)s1. The minimum Gasteiger partial charge on any atom is -0.507 e. The van der Waals surface area contributed by atoms with E-state index in [1.165, 1.54) is 6.07 Å². The Bertz CT molecular complexity index is 537. The van der Waals surface area contributed by atoms with Crippen molar-refractivity contribution in [3.63, 3.8) is 0 Å². The van der Waals surface area contributed by atoms with Gasteiger partial charge < -0.3 is 10.4 Å². The Hall–Kier alpha value is -1.88. The molecule has 0 radical (unpaired) electrons. The summed E-state index contributed by atoms with van der Waals surface area (Å²) in [7, 11) is 0. The van der Waals surface area contributed by atoms with Crippen LogP contribution in [0.1, 0.15) is 20.2 Å². The second kappa shape index (κ2) is 4.97. The quantitative estimate of drug-likeness (QED) is 0.874. The predicted molar refractivity (Wildman–Crippen MR) is 66.1 cm³/mol. The fraction of sp³-hybridized carbons (Fsp3) is 0.167. The molecule has 2 aromatic rings. The Labute approximate surface area is 103 Å². The van der Waals surface area contributed by atoms with Gasteiger partial charge in [0.1, 0.15) is 5.75 Å². The molecule has 17 heavy (non-hydrogen) atoms. The molecule has 2 N–H and O–H groups in total. The van der Waals surface area contributed by atoms with E-state index in [2.05, 4.69) is 10.3 Å². The predicted octanol–water partition coefficient (Wildman–Crippen LogP) is 2.09. The summed E-state index contributed by atoms with van der Waals surface area (Å²) in [4.78, 5) is 16.9. The molecule has 0 aliphatic rings. The van der Waals surface area contributed by atoms with Crippen LogP contribution < -0.4 is 5.32 Å². The van der Waals surface area contributed by atoms with Crippen LogP contribution in [0.5, 0.6) is 5.75 Å². The van der Waals surface area contributed by atoms with Gasteiger partial charge in [-0.25, -0.2) is 4.98 Å². The van der Waals surface area contributed by atoms with E-state index in [9.17, 15) is 9.90 Å². The fourth-order valence-corrected chi connectivity index (χ4v) is 2.15. The van der Waals surface area contributed by atoms with Gasteiger partial charge in [-0.3, -0.25) is 4.79 Å². The minimum absolute atomic E-state index is 0.00881. The standard InChI is InChI=1S/C12H12N2O2S/c1-8-13-6-9(17-8)7-14-12(16)10-4-2-3-5-11(10)15/h2-6,15H,7H2,1H3,(H,14,16). The van der Waals surface area contributed by atoms with E-state index in [-0.39, 0.29) is 17.2 Å². The van der Waals surface area contributed by atoms with E-state index in [1.54, 1.807) is 35.7 Å². The molecule has 88 valence electrons. The first-order valence-electron chi connectivity index (χ1n) is 5.14. The van der Waals surface area contributed by atoms with E-state index in [0.717, 1.165) is 9.88 Å². The molecule has 0 bridgehead atoms. The van der Waals surface area contributed by atoms with E-state index in [4.69, 9.17) is 0 Å². The number of thiazole rings is 1. The van der Waals surface area contributed by atoms with Crippen LogP contribution >= 0.6 is 11.3 Å². The molecule has 0 aliphatic carbocycles. The summed E-state index contributed by atoms with van der Waals surface area (Å²) in [6, 6.07) is 6.47. The van der Waals surface area contributed by atoms with Gasteiger partial charge >= 0.3 is 0 Å². The average Bonchev–Trinajstić information content (AvgIpc) is 2.73. The molecular formula is C12H12N2O2S. The number of amides is 1. The van der Waals surface area contributed by atoms with Gasteiger partial charge in [-0.1, -0.05) is 12.1 Å². The molecule has 4 nitrogen and oxygen atoms in total. The number of phenols is 1. The number of phenolic OH excluding ortho intramolecular Hbond substituents is 1. The first kappa shape index (κ1) is 11.6. The maximum atomic E-state index is 11.8. The number of nitrogens with zero attached hydrogens (tertiary/aromatic N) is 1. The fourth-order valence-electron chi connectivity index (χ4n) is 1.42. The molecular weight excluding hydrogens is 236 g/mol. The van der Waals surface area contributed by atoms with Gasteiger partial charge in [-0.05, 0) is 19.1 Å². The number of para-hydroxylation sites is 1. The summed E-state index contributed by atoms with van der Waals surface area (Å²) < 4.78 is 0. The Kier molecular flexibility index (Phi) is 3.39. The lowest BCUT2D eigenvalue weighted by Gasteiger charge is -2.04. The molecule has 5 heteroatoms. The molecule has 2 rings (SSSR count). The van der Waals surface area contributed by atoms with Crippen LogP contribution in [0.4, 0.5) is 0 Å². The van der Waals surface area contributed by atoms with Gasteiger partial charge in [0.15, 0.2) is 0 Å². The van der Waals surface area contributed by atoms with Gasteiger partial charge in [0.2, 0.25) is 0 Å². The first-order chi connectivity index (χ1) is 8.16. The first-order valence-corrected chi connectivity index (χ1v) is 5.96. The third kappa shape index (κ3) is 2.82. The third-order valence-electron chi connectivity index (χ3n) is 2.24. The number of aromatic hydroxyl groups is 1. The molecule has 0 fully saturated rings. The van der Waals surface area contributed by atoms with E-state index in [0.29, 0.717) is 6.54 Å². The summed E-state index contributed by atoms with van der Waals surface area (Å²) in [5.74, 6) is -0.292. The molecule has 1 aromatic heterocycles. The van der Waals surface area contributed by atoms with Crippen LogP contribution in [0, 0.1) is 6.92 Å². The van der Waals surface area contributed by atoms with Crippen molar-refractivity contribution in [3.8, 4) is 5.75 Å². The highest BCUT2D eigenvalue weighted by molar-refractivity contribution is 7.11. The number of nitrogens with one attached hydrogen (secondary N) is 1. The zero-order valence-corrected chi connectivity index (χ0v) is 10.1. The number of benzene rings is 1. The summed E-state index contributed by atoms with van der Waals surface area (Å²) in [5.41, 5.74) is 0.286.